The van der Waals surface area contributed by atoms with Gasteiger partial charge in [0.05, 0.1) is 0 Å². The van der Waals surface area contributed by atoms with Crippen LogP contribution in [0.4, 0.5) is 5.82 Å². The van der Waals surface area contributed by atoms with Crippen LogP contribution in [-0.2, 0) is 17.6 Å². The minimum atomic E-state index is -0.239. The number of nitrogens with zero attached hydrogens (tertiary/aromatic N) is 1. The topological polar surface area (TPSA) is 64.4 Å². The number of nitrogens with one attached hydrogen (secondary N) is 1. The van der Waals surface area contributed by atoms with Crippen molar-refractivity contribution < 1.29 is 14.1 Å². The highest BCUT2D eigenvalue weighted by molar-refractivity contribution is 5.90. The number of hydrogen-bond donors (Lipinski definition) is 1. The number of fused-ring (bicyclic) bond motifs is 1. The van der Waals surface area contributed by atoms with Gasteiger partial charge in [-0.2, -0.15) is 0 Å². The summed E-state index contributed by atoms with van der Waals surface area (Å²) in [7, 11) is 0. The maximum atomic E-state index is 11.8. The summed E-state index contributed by atoms with van der Waals surface area (Å²) in [6.07, 6.45) is 4.52. The van der Waals surface area contributed by atoms with E-state index in [9.17, 15) is 4.79 Å². The molecule has 1 aliphatic rings. The number of hydrogen-bond acceptors (Lipinski definition) is 4. The zero-order valence-electron chi connectivity index (χ0n) is 12.0. The van der Waals surface area contributed by atoms with Gasteiger partial charge in [0.2, 0.25) is 0 Å². The van der Waals surface area contributed by atoms with Crippen LogP contribution in [-0.4, -0.2) is 17.7 Å². The molecule has 110 valence electrons. The van der Waals surface area contributed by atoms with E-state index >= 15 is 0 Å². The van der Waals surface area contributed by atoms with E-state index < -0.39 is 0 Å². The predicted octanol–water partition coefficient (Wildman–Crippen LogP) is 2.88. The Morgan fingerprint density at radius 3 is 3.05 bits per heavy atom. The molecule has 0 saturated carbocycles. The number of benzene rings is 1. The Morgan fingerprint density at radius 2 is 2.24 bits per heavy atom. The Labute approximate surface area is 123 Å². The van der Waals surface area contributed by atoms with Crippen molar-refractivity contribution in [2.45, 2.75) is 32.6 Å². The van der Waals surface area contributed by atoms with Crippen LogP contribution in [0.3, 0.4) is 0 Å². The highest BCUT2D eigenvalue weighted by Crippen LogP contribution is 2.29. The van der Waals surface area contributed by atoms with E-state index in [-0.39, 0.29) is 12.5 Å². The number of rotatable bonds is 4. The van der Waals surface area contributed by atoms with Gasteiger partial charge in [0.1, 0.15) is 11.5 Å². The van der Waals surface area contributed by atoms with E-state index in [4.69, 9.17) is 9.26 Å². The van der Waals surface area contributed by atoms with Gasteiger partial charge in [-0.05, 0) is 49.8 Å². The van der Waals surface area contributed by atoms with Gasteiger partial charge in [0, 0.05) is 6.07 Å². The first kappa shape index (κ1) is 13.7. The fourth-order valence-electron chi connectivity index (χ4n) is 2.63. The van der Waals surface area contributed by atoms with E-state index in [1.807, 2.05) is 12.1 Å². The van der Waals surface area contributed by atoms with Crippen molar-refractivity contribution in [1.29, 1.82) is 0 Å². The molecule has 0 saturated heterocycles. The fraction of sp³-hybridized carbons (Fsp3) is 0.375. The van der Waals surface area contributed by atoms with E-state index in [0.717, 1.165) is 18.6 Å². The smallest absolute Gasteiger partial charge is 0.263 e. The second-order valence-corrected chi connectivity index (χ2v) is 5.26. The summed E-state index contributed by atoms with van der Waals surface area (Å²) >= 11 is 0. The lowest BCUT2D eigenvalue weighted by molar-refractivity contribution is -0.118. The molecule has 1 aromatic carbocycles. The lowest BCUT2D eigenvalue weighted by Crippen LogP contribution is -2.21. The van der Waals surface area contributed by atoms with E-state index in [2.05, 4.69) is 16.5 Å². The van der Waals surface area contributed by atoms with Crippen molar-refractivity contribution in [3.05, 3.63) is 41.2 Å². The van der Waals surface area contributed by atoms with E-state index in [0.29, 0.717) is 11.6 Å². The number of aryl methyl sites for hydroxylation is 2. The molecular weight excluding hydrogens is 268 g/mol. The van der Waals surface area contributed by atoms with Crippen LogP contribution in [0.5, 0.6) is 5.75 Å². The second kappa shape index (κ2) is 5.99. The highest BCUT2D eigenvalue weighted by atomic mass is 16.5. The molecule has 5 nitrogen and oxygen atoms in total. The number of ether oxygens (including phenoxy) is 1. The third kappa shape index (κ3) is 3.24. The van der Waals surface area contributed by atoms with Gasteiger partial charge in [0.25, 0.3) is 5.91 Å². The van der Waals surface area contributed by atoms with E-state index in [1.165, 1.54) is 24.0 Å². The van der Waals surface area contributed by atoms with Crippen molar-refractivity contribution in [2.75, 3.05) is 11.9 Å². The summed E-state index contributed by atoms with van der Waals surface area (Å²) < 4.78 is 10.6. The molecular formula is C16H18N2O3. The van der Waals surface area contributed by atoms with Crippen LogP contribution in [0.15, 0.2) is 28.8 Å². The summed E-state index contributed by atoms with van der Waals surface area (Å²) in [5, 5.41) is 6.36. The highest BCUT2D eigenvalue weighted by Gasteiger charge is 2.15. The molecule has 1 N–H and O–H groups in total. The van der Waals surface area contributed by atoms with Gasteiger partial charge in [-0.15, -0.1) is 0 Å². The molecule has 3 rings (SSSR count). The van der Waals surface area contributed by atoms with E-state index in [1.54, 1.807) is 13.0 Å². The van der Waals surface area contributed by atoms with Crippen molar-refractivity contribution in [3.63, 3.8) is 0 Å². The first-order valence-electron chi connectivity index (χ1n) is 7.19. The molecule has 0 aliphatic heterocycles. The largest absolute Gasteiger partial charge is 0.483 e. The van der Waals surface area contributed by atoms with Gasteiger partial charge in [-0.3, -0.25) is 4.79 Å². The molecule has 0 bridgehead atoms. The Kier molecular flexibility index (Phi) is 3.90. The molecule has 5 heteroatoms. The molecule has 0 atom stereocenters. The van der Waals surface area contributed by atoms with Crippen LogP contribution in [0.25, 0.3) is 0 Å². The summed E-state index contributed by atoms with van der Waals surface area (Å²) in [6, 6.07) is 7.72. The molecule has 1 aliphatic carbocycles. The third-order valence-electron chi connectivity index (χ3n) is 3.61. The van der Waals surface area contributed by atoms with Gasteiger partial charge in [-0.1, -0.05) is 17.3 Å². The van der Waals surface area contributed by atoms with Gasteiger partial charge in [-0.25, -0.2) is 0 Å². The van der Waals surface area contributed by atoms with Crippen molar-refractivity contribution >= 4 is 11.7 Å². The molecule has 0 spiro atoms. The van der Waals surface area contributed by atoms with Crippen molar-refractivity contribution in [2.24, 2.45) is 0 Å². The van der Waals surface area contributed by atoms with Crippen LogP contribution >= 0.6 is 0 Å². The average molecular weight is 286 g/mol. The van der Waals surface area contributed by atoms with Crippen LogP contribution in [0.2, 0.25) is 0 Å². The summed E-state index contributed by atoms with van der Waals surface area (Å²) in [5.74, 6) is 1.65. The molecule has 1 heterocycles. The minimum absolute atomic E-state index is 0.0254. The normalized spacial score (nSPS) is 13.6. The molecule has 0 unspecified atom stereocenters. The lowest BCUT2D eigenvalue weighted by Gasteiger charge is -2.19. The average Bonchev–Trinajstić information content (AvgIpc) is 2.90. The van der Waals surface area contributed by atoms with Gasteiger partial charge in [0.15, 0.2) is 12.4 Å². The number of aromatic nitrogens is 1. The Hall–Kier alpha value is -2.30. The monoisotopic (exact) mass is 286 g/mol. The number of anilines is 1. The number of amides is 1. The Balaban J connectivity index is 1.61. The first-order valence-corrected chi connectivity index (χ1v) is 7.19. The Bertz CT molecular complexity index is 649. The number of carbonyl (C=O) groups excluding carboxylic acids is 1. The molecule has 0 fully saturated rings. The van der Waals surface area contributed by atoms with Crippen molar-refractivity contribution in [3.8, 4) is 5.75 Å². The summed E-state index contributed by atoms with van der Waals surface area (Å²) in [4.78, 5) is 11.8. The predicted molar refractivity (Wildman–Crippen MR) is 78.4 cm³/mol. The maximum Gasteiger partial charge on any atom is 0.263 e. The molecule has 2 aromatic rings. The molecule has 0 radical (unpaired) electrons. The van der Waals surface area contributed by atoms with Gasteiger partial charge < -0.3 is 14.6 Å². The maximum absolute atomic E-state index is 11.8. The zero-order valence-corrected chi connectivity index (χ0v) is 12.0. The first-order chi connectivity index (χ1) is 10.2. The minimum Gasteiger partial charge on any atom is -0.483 e. The zero-order chi connectivity index (χ0) is 14.7. The fourth-order valence-corrected chi connectivity index (χ4v) is 2.63. The SMILES string of the molecule is Cc1cc(NC(=O)COc2cccc3c2CCCC3)no1. The van der Waals surface area contributed by atoms with Crippen molar-refractivity contribution in [1.82, 2.24) is 5.16 Å². The standard InChI is InChI=1S/C16H18N2O3/c1-11-9-15(18-21-11)17-16(19)10-20-14-8-4-6-12-5-2-3-7-13(12)14/h4,6,8-9H,2-3,5,7,10H2,1H3,(H,17,18,19). The van der Waals surface area contributed by atoms with Crippen LogP contribution in [0, 0.1) is 6.92 Å². The summed E-state index contributed by atoms with van der Waals surface area (Å²) in [6.45, 7) is 1.75. The number of carbonyl (C=O) groups is 1. The van der Waals surface area contributed by atoms with Gasteiger partial charge >= 0.3 is 0 Å². The molecule has 1 aromatic heterocycles. The summed E-state index contributed by atoms with van der Waals surface area (Å²) in [5.41, 5.74) is 2.58. The Morgan fingerprint density at radius 1 is 1.38 bits per heavy atom. The quantitative estimate of drug-likeness (QED) is 0.938. The van der Waals surface area contributed by atoms with Crippen LogP contribution < -0.4 is 10.1 Å². The van der Waals surface area contributed by atoms with Crippen LogP contribution in [0.1, 0.15) is 29.7 Å². The second-order valence-electron chi connectivity index (χ2n) is 5.26. The third-order valence-corrected chi connectivity index (χ3v) is 3.61. The molecule has 1 amide bonds. The molecule has 21 heavy (non-hydrogen) atoms. The lowest BCUT2D eigenvalue weighted by atomic mass is 9.91.